The predicted molar refractivity (Wildman–Crippen MR) is 590 cm³/mol. The number of hydrogen-bond donors (Lipinski definition) is 2. The predicted octanol–water partition coefficient (Wildman–Crippen LogP) is 37.4. The number of nitrogens with one attached hydrogen (secondary N) is 2. The van der Waals surface area contributed by atoms with E-state index in [1.165, 1.54) is 0 Å². The standard InChI is InChI=1S/C128H150N6O8/c1-67(2)85-41-33-42-86(68(3)4)117(85)135-107-57-83-65-129-125(101(83)59-109(107)137-119-89(71(9)10)45-35-46-90(119)72(11)12)133-127-105-63-113(141-123-97(79(25)26)53-39-54-98(123)80(27)28)111(139-121-93(75(17)18)49-37-50-94(121)76(19)20)61-103(105)115(131-127)116-104-62-112(140-122-95(77(21)22)51-38-52-96(122)78(23)24)114(142-124-99(81(29)30)55-40-56-100(124)82(31)32)64-106(104)128(132-116)134-126-102-60-110(138-120-91(73(13)14)47-36-48-92(120)74(15)16)108(58-84(102)66-130-126)136-118-87(69(5)6)43-34-44-88(118)70(7)8/h33-64,67-82H,65-66H2,1-32H3,(H,129,131,133)(H,130,132,134)/b116-115+. The highest BCUT2D eigenvalue weighted by Crippen LogP contribution is 2.56. The quantitative estimate of drug-likeness (QED) is 0.0418. The van der Waals surface area contributed by atoms with Crippen molar-refractivity contribution in [2.75, 3.05) is 0 Å². The number of fused-ring (bicyclic) bond motifs is 4. The van der Waals surface area contributed by atoms with Gasteiger partial charge in [-0.25, -0.2) is 20.0 Å². The Bertz CT molecular complexity index is 6330. The van der Waals surface area contributed by atoms with E-state index in [1.54, 1.807) is 0 Å². The molecule has 14 heteroatoms. The summed E-state index contributed by atoms with van der Waals surface area (Å²) in [6.07, 6.45) is 0. The maximum Gasteiger partial charge on any atom is 0.170 e. The van der Waals surface area contributed by atoms with Crippen LogP contribution >= 0.6 is 0 Å². The van der Waals surface area contributed by atoms with Crippen molar-refractivity contribution < 1.29 is 37.9 Å². The average Bonchev–Trinajstić information content (AvgIpc) is 1.57. The van der Waals surface area contributed by atoms with Gasteiger partial charge in [0.1, 0.15) is 69.1 Å². The van der Waals surface area contributed by atoms with Crippen LogP contribution in [0.5, 0.6) is 92.0 Å². The van der Waals surface area contributed by atoms with E-state index >= 15 is 0 Å². The van der Waals surface area contributed by atoms with Crippen LogP contribution in [0.15, 0.2) is 214 Å². The molecule has 142 heavy (non-hydrogen) atoms. The molecule has 16 rings (SSSR count). The molecule has 0 radical (unpaired) electrons. The van der Waals surface area contributed by atoms with Crippen LogP contribution in [0.25, 0.3) is 11.4 Å². The lowest BCUT2D eigenvalue weighted by Gasteiger charge is -2.24. The molecule has 14 nitrogen and oxygen atoms in total. The van der Waals surface area contributed by atoms with Gasteiger partial charge in [0.05, 0.1) is 0 Å². The van der Waals surface area contributed by atoms with Gasteiger partial charge in [-0.3, -0.25) is 0 Å². The molecule has 0 amide bonds. The van der Waals surface area contributed by atoms with E-state index in [0.29, 0.717) is 116 Å². The first-order valence-electron chi connectivity index (χ1n) is 52.4. The summed E-state index contributed by atoms with van der Waals surface area (Å²) < 4.78 is 61.6. The van der Waals surface area contributed by atoms with Crippen molar-refractivity contribution in [3.05, 3.63) is 328 Å². The second kappa shape index (κ2) is 42.3. The zero-order chi connectivity index (χ0) is 102. The van der Waals surface area contributed by atoms with E-state index in [9.17, 15) is 0 Å². The molecule has 0 saturated heterocycles. The highest BCUT2D eigenvalue weighted by atomic mass is 16.5. The number of benzene rings is 12. The number of aliphatic imine (C=N–C) groups is 4. The van der Waals surface area contributed by atoms with Gasteiger partial charge in [-0.1, -0.05) is 367 Å². The molecule has 0 unspecified atom stereocenters. The summed E-state index contributed by atoms with van der Waals surface area (Å²) in [7, 11) is 0. The lowest BCUT2D eigenvalue weighted by molar-refractivity contribution is 0.404. The third-order valence-corrected chi connectivity index (χ3v) is 28.3. The number of ether oxygens (including phenoxy) is 8. The SMILES string of the molecule is CC(C)c1cccc(C(C)C)c1Oc1cc2c(cc1Oc1c(C(C)C)cccc1C(C)C)C(=NC1=N/C(=C3/N=C(N=C4NCc5cc(Oc6c(C(C)C)cccc6C(C)C)c(Oc6c(C(C)C)cccc6C(C)C)cc54)c4cc(Oc5c(C(C)C)cccc5C(C)C)c(Oc5c(C(C)C)cccc5C(C)C)cc43)c3cc(Oc4c(C(C)C)cccc4C(C)C)c(Oc4c(C(C)C)cccc4C(C)C)cc31)NC2. The molecule has 0 bridgehead atoms. The summed E-state index contributed by atoms with van der Waals surface area (Å²) in [5.41, 5.74) is 24.7. The number of hydrogen-bond acceptors (Lipinski definition) is 12. The highest BCUT2D eigenvalue weighted by molar-refractivity contribution is 6.24. The summed E-state index contributed by atoms with van der Waals surface area (Å²) >= 11 is 0. The first-order chi connectivity index (χ1) is 67.6. The fraction of sp³-hybridized carbons (Fsp3) is 0.391. The smallest absolute Gasteiger partial charge is 0.170 e. The molecule has 4 aliphatic rings. The number of rotatable bonds is 32. The van der Waals surface area contributed by atoms with Crippen LogP contribution in [0.4, 0.5) is 0 Å². The lowest BCUT2D eigenvalue weighted by atomic mass is 9.93. The second-order valence-corrected chi connectivity index (χ2v) is 44.2. The van der Waals surface area contributed by atoms with E-state index in [-0.39, 0.29) is 94.7 Å². The minimum atomic E-state index is 0.0749. The van der Waals surface area contributed by atoms with Gasteiger partial charge < -0.3 is 48.5 Å². The third kappa shape index (κ3) is 20.6. The minimum Gasteiger partial charge on any atom is -0.453 e. The van der Waals surface area contributed by atoms with E-state index in [4.69, 9.17) is 57.9 Å². The Labute approximate surface area is 846 Å². The van der Waals surface area contributed by atoms with E-state index in [0.717, 1.165) is 157 Å². The monoisotopic (exact) mass is 1900 g/mol. The van der Waals surface area contributed by atoms with E-state index in [2.05, 4.69) is 426 Å². The maximum atomic E-state index is 7.87. The first kappa shape index (κ1) is 102. The maximum absolute atomic E-state index is 7.87. The topological polar surface area (TPSA) is 147 Å². The van der Waals surface area contributed by atoms with Crippen molar-refractivity contribution in [1.82, 2.24) is 10.6 Å². The molecule has 0 atom stereocenters. The normalized spacial score (nSPS) is 14.6. The van der Waals surface area contributed by atoms with Crippen LogP contribution in [0, 0.1) is 0 Å². The summed E-state index contributed by atoms with van der Waals surface area (Å²) in [6, 6.07) is 69.3. The molecule has 2 N–H and O–H groups in total. The van der Waals surface area contributed by atoms with Gasteiger partial charge in [-0.2, -0.15) is 0 Å². The Morgan fingerprint density at radius 3 is 0.486 bits per heavy atom. The molecule has 12 aromatic carbocycles. The Morgan fingerprint density at radius 2 is 0.331 bits per heavy atom. The molecular formula is C128H150N6O8. The zero-order valence-electron chi connectivity index (χ0n) is 90.2. The van der Waals surface area contributed by atoms with E-state index < -0.39 is 0 Å². The van der Waals surface area contributed by atoms with E-state index in [1.807, 2.05) is 0 Å². The van der Waals surface area contributed by atoms with Crippen LogP contribution < -0.4 is 48.5 Å². The molecule has 4 aliphatic heterocycles. The molecule has 740 valence electrons. The zero-order valence-corrected chi connectivity index (χ0v) is 90.2. The van der Waals surface area contributed by atoms with Crippen LogP contribution in [-0.4, -0.2) is 23.3 Å². The third-order valence-electron chi connectivity index (χ3n) is 28.3. The Kier molecular flexibility index (Phi) is 30.4. The van der Waals surface area contributed by atoms with Crippen LogP contribution in [0.2, 0.25) is 0 Å². The van der Waals surface area contributed by atoms with Crippen LogP contribution in [0.1, 0.15) is 450 Å². The molecule has 0 aromatic heterocycles. The summed E-state index contributed by atoms with van der Waals surface area (Å²) in [6.45, 7) is 72.2. The molecule has 0 aliphatic carbocycles. The van der Waals surface area contributed by atoms with Crippen molar-refractivity contribution in [1.29, 1.82) is 0 Å². The Morgan fingerprint density at radius 1 is 0.190 bits per heavy atom. The molecule has 4 heterocycles. The van der Waals surface area contributed by atoms with Crippen molar-refractivity contribution in [2.45, 2.75) is 329 Å². The summed E-state index contributed by atoms with van der Waals surface area (Å²) in [4.78, 5) is 24.0. The van der Waals surface area contributed by atoms with Gasteiger partial charge in [0.15, 0.2) is 57.7 Å². The van der Waals surface area contributed by atoms with Gasteiger partial charge in [-0.05, 0) is 243 Å². The number of amidine groups is 4. The van der Waals surface area contributed by atoms with Gasteiger partial charge in [0.2, 0.25) is 0 Å². The average molecular weight is 1900 g/mol. The highest BCUT2D eigenvalue weighted by Gasteiger charge is 2.39. The van der Waals surface area contributed by atoms with Gasteiger partial charge >= 0.3 is 0 Å². The van der Waals surface area contributed by atoms with Gasteiger partial charge in [-0.15, -0.1) is 0 Å². The largest absolute Gasteiger partial charge is 0.453 e. The fourth-order valence-electron chi connectivity index (χ4n) is 20.1. The Balaban J connectivity index is 1.03. The van der Waals surface area contributed by atoms with Crippen molar-refractivity contribution >= 4 is 34.7 Å². The summed E-state index contributed by atoms with van der Waals surface area (Å²) in [5.74, 6) is 14.4. The Hall–Kier alpha value is -12.9. The number of nitrogens with zero attached hydrogens (tertiary/aromatic N) is 4. The summed E-state index contributed by atoms with van der Waals surface area (Å²) in [5, 5.41) is 7.72. The molecule has 0 saturated carbocycles. The fourth-order valence-corrected chi connectivity index (χ4v) is 20.1. The van der Waals surface area contributed by atoms with Crippen molar-refractivity contribution in [3.8, 4) is 92.0 Å². The first-order valence-corrected chi connectivity index (χ1v) is 52.4. The van der Waals surface area contributed by atoms with Crippen molar-refractivity contribution in [3.63, 3.8) is 0 Å². The minimum absolute atomic E-state index is 0.0749. The molecule has 12 aromatic rings. The molecular weight excluding hydrogens is 1750 g/mol. The van der Waals surface area contributed by atoms with Gasteiger partial charge in [0.25, 0.3) is 0 Å². The number of para-hydroxylation sites is 8. The molecule has 0 fully saturated rings. The van der Waals surface area contributed by atoms with Crippen LogP contribution in [0.3, 0.4) is 0 Å². The van der Waals surface area contributed by atoms with Crippen molar-refractivity contribution in [2.24, 2.45) is 20.0 Å². The molecule has 0 spiro atoms. The van der Waals surface area contributed by atoms with Crippen LogP contribution in [-0.2, 0) is 13.1 Å². The van der Waals surface area contributed by atoms with Gasteiger partial charge in [0, 0.05) is 46.5 Å². The lowest BCUT2D eigenvalue weighted by Crippen LogP contribution is -2.17. The second-order valence-electron chi connectivity index (χ2n) is 44.2.